The van der Waals surface area contributed by atoms with Crippen molar-refractivity contribution in [2.45, 2.75) is 32.3 Å². The van der Waals surface area contributed by atoms with Crippen molar-refractivity contribution < 1.29 is 9.84 Å². The van der Waals surface area contributed by atoms with Crippen LogP contribution in [0.4, 0.5) is 0 Å². The fraction of sp³-hybridized carbons (Fsp3) is 0.538. The maximum atomic E-state index is 9.81. The number of rotatable bonds is 7. The summed E-state index contributed by atoms with van der Waals surface area (Å²) in [6, 6.07) is 7.64. The standard InChI is InChI=1S/C13H19ClO2/c1-2-16-9-5-7-12(15)10-11-6-3-4-8-13(11)14/h3-4,6,8,12,15H,2,5,7,9-10H2,1H3. The molecule has 0 aromatic heterocycles. The molecule has 1 atom stereocenters. The van der Waals surface area contributed by atoms with E-state index in [1.807, 2.05) is 31.2 Å². The Morgan fingerprint density at radius 2 is 2.12 bits per heavy atom. The molecule has 0 amide bonds. The SMILES string of the molecule is CCOCCCC(O)Cc1ccccc1Cl. The van der Waals surface area contributed by atoms with Gasteiger partial charge >= 0.3 is 0 Å². The molecule has 0 spiro atoms. The summed E-state index contributed by atoms with van der Waals surface area (Å²) in [7, 11) is 0. The van der Waals surface area contributed by atoms with Gasteiger partial charge in [-0.2, -0.15) is 0 Å². The normalized spacial score (nSPS) is 12.7. The Morgan fingerprint density at radius 1 is 1.38 bits per heavy atom. The zero-order valence-corrected chi connectivity index (χ0v) is 10.4. The van der Waals surface area contributed by atoms with Gasteiger partial charge in [0.25, 0.3) is 0 Å². The smallest absolute Gasteiger partial charge is 0.0581 e. The van der Waals surface area contributed by atoms with E-state index < -0.39 is 0 Å². The fourth-order valence-corrected chi connectivity index (χ4v) is 1.80. The van der Waals surface area contributed by atoms with E-state index in [2.05, 4.69) is 0 Å². The van der Waals surface area contributed by atoms with E-state index in [1.165, 1.54) is 0 Å². The number of ether oxygens (including phenoxy) is 1. The zero-order chi connectivity index (χ0) is 11.8. The highest BCUT2D eigenvalue weighted by Crippen LogP contribution is 2.17. The second kappa shape index (κ2) is 7.66. The number of hydrogen-bond donors (Lipinski definition) is 1. The van der Waals surface area contributed by atoms with Crippen molar-refractivity contribution in [1.29, 1.82) is 0 Å². The molecule has 1 unspecified atom stereocenters. The third-order valence-electron chi connectivity index (χ3n) is 2.44. The first kappa shape index (κ1) is 13.5. The molecule has 0 aliphatic carbocycles. The molecular formula is C13H19ClO2. The summed E-state index contributed by atoms with van der Waals surface area (Å²) >= 11 is 6.02. The van der Waals surface area contributed by atoms with Crippen molar-refractivity contribution in [2.75, 3.05) is 13.2 Å². The summed E-state index contributed by atoms with van der Waals surface area (Å²) in [5.74, 6) is 0. The van der Waals surface area contributed by atoms with E-state index in [4.69, 9.17) is 16.3 Å². The lowest BCUT2D eigenvalue weighted by molar-refractivity contribution is 0.114. The Kier molecular flexibility index (Phi) is 6.46. The lowest BCUT2D eigenvalue weighted by Crippen LogP contribution is -2.11. The minimum atomic E-state index is -0.333. The van der Waals surface area contributed by atoms with Crippen molar-refractivity contribution in [3.63, 3.8) is 0 Å². The Labute approximate surface area is 102 Å². The quantitative estimate of drug-likeness (QED) is 0.745. The van der Waals surface area contributed by atoms with Crippen LogP contribution in [0.15, 0.2) is 24.3 Å². The maximum absolute atomic E-state index is 9.81. The average molecular weight is 243 g/mol. The van der Waals surface area contributed by atoms with Gasteiger partial charge in [0, 0.05) is 18.2 Å². The van der Waals surface area contributed by atoms with Crippen molar-refractivity contribution >= 4 is 11.6 Å². The van der Waals surface area contributed by atoms with Gasteiger partial charge in [0.2, 0.25) is 0 Å². The number of benzene rings is 1. The zero-order valence-electron chi connectivity index (χ0n) is 9.66. The van der Waals surface area contributed by atoms with Crippen LogP contribution in [0.1, 0.15) is 25.3 Å². The summed E-state index contributed by atoms with van der Waals surface area (Å²) in [6.45, 7) is 3.43. The second-order valence-corrected chi connectivity index (χ2v) is 4.20. The van der Waals surface area contributed by atoms with Gasteiger partial charge in [-0.15, -0.1) is 0 Å². The van der Waals surface area contributed by atoms with E-state index >= 15 is 0 Å². The molecule has 1 N–H and O–H groups in total. The number of halogens is 1. The van der Waals surface area contributed by atoms with Crippen LogP contribution in [0.3, 0.4) is 0 Å². The molecule has 0 aliphatic rings. The molecule has 0 saturated carbocycles. The van der Waals surface area contributed by atoms with E-state index in [-0.39, 0.29) is 6.10 Å². The third-order valence-corrected chi connectivity index (χ3v) is 2.81. The van der Waals surface area contributed by atoms with Crippen LogP contribution < -0.4 is 0 Å². The third kappa shape index (κ3) is 4.97. The van der Waals surface area contributed by atoms with Crippen LogP contribution in [0.5, 0.6) is 0 Å². The number of aliphatic hydroxyl groups excluding tert-OH is 1. The molecule has 3 heteroatoms. The van der Waals surface area contributed by atoms with Gasteiger partial charge in [0.15, 0.2) is 0 Å². The topological polar surface area (TPSA) is 29.5 Å². The highest BCUT2D eigenvalue weighted by Gasteiger charge is 2.07. The van der Waals surface area contributed by atoms with Crippen LogP contribution >= 0.6 is 11.6 Å². The van der Waals surface area contributed by atoms with Crippen molar-refractivity contribution in [2.24, 2.45) is 0 Å². The number of aliphatic hydroxyl groups is 1. The molecular weight excluding hydrogens is 224 g/mol. The fourth-order valence-electron chi connectivity index (χ4n) is 1.59. The highest BCUT2D eigenvalue weighted by atomic mass is 35.5. The van der Waals surface area contributed by atoms with Crippen molar-refractivity contribution in [3.05, 3.63) is 34.9 Å². The van der Waals surface area contributed by atoms with Crippen LogP contribution in [0.25, 0.3) is 0 Å². The molecule has 0 radical (unpaired) electrons. The lowest BCUT2D eigenvalue weighted by atomic mass is 10.0. The van der Waals surface area contributed by atoms with Gasteiger partial charge in [-0.25, -0.2) is 0 Å². The molecule has 2 nitrogen and oxygen atoms in total. The molecule has 1 aromatic carbocycles. The molecule has 90 valence electrons. The largest absolute Gasteiger partial charge is 0.393 e. The van der Waals surface area contributed by atoms with E-state index in [0.717, 1.165) is 36.6 Å². The van der Waals surface area contributed by atoms with Crippen LogP contribution in [0, 0.1) is 0 Å². The maximum Gasteiger partial charge on any atom is 0.0581 e. The minimum Gasteiger partial charge on any atom is -0.393 e. The Morgan fingerprint density at radius 3 is 2.81 bits per heavy atom. The second-order valence-electron chi connectivity index (χ2n) is 3.79. The Balaban J connectivity index is 2.28. The highest BCUT2D eigenvalue weighted by molar-refractivity contribution is 6.31. The minimum absolute atomic E-state index is 0.333. The summed E-state index contributed by atoms with van der Waals surface area (Å²) in [6.07, 6.45) is 1.93. The van der Waals surface area contributed by atoms with Gasteiger partial charge in [-0.3, -0.25) is 0 Å². The van der Waals surface area contributed by atoms with Crippen molar-refractivity contribution in [1.82, 2.24) is 0 Å². The summed E-state index contributed by atoms with van der Waals surface area (Å²) < 4.78 is 5.22. The first-order valence-corrected chi connectivity index (χ1v) is 6.11. The lowest BCUT2D eigenvalue weighted by Gasteiger charge is -2.11. The van der Waals surface area contributed by atoms with Crippen molar-refractivity contribution in [3.8, 4) is 0 Å². The van der Waals surface area contributed by atoms with E-state index in [9.17, 15) is 5.11 Å². The average Bonchev–Trinajstić information content (AvgIpc) is 2.28. The molecule has 1 aromatic rings. The predicted octanol–water partition coefficient (Wildman–Crippen LogP) is 3.06. The van der Waals surface area contributed by atoms with Gasteiger partial charge in [0.05, 0.1) is 6.10 Å². The Bertz CT molecular complexity index is 302. The predicted molar refractivity (Wildman–Crippen MR) is 66.9 cm³/mol. The summed E-state index contributed by atoms with van der Waals surface area (Å²) in [5, 5.41) is 10.5. The van der Waals surface area contributed by atoms with Gasteiger partial charge in [0.1, 0.15) is 0 Å². The van der Waals surface area contributed by atoms with Crippen LogP contribution in [-0.4, -0.2) is 24.4 Å². The van der Waals surface area contributed by atoms with Crippen LogP contribution in [-0.2, 0) is 11.2 Å². The first-order valence-electron chi connectivity index (χ1n) is 5.73. The number of hydrogen-bond acceptors (Lipinski definition) is 2. The monoisotopic (exact) mass is 242 g/mol. The van der Waals surface area contributed by atoms with Crippen LogP contribution in [0.2, 0.25) is 5.02 Å². The molecule has 0 saturated heterocycles. The Hall–Kier alpha value is -0.570. The molecule has 0 aliphatic heterocycles. The van der Waals surface area contributed by atoms with Gasteiger partial charge in [-0.1, -0.05) is 29.8 Å². The molecule has 16 heavy (non-hydrogen) atoms. The van der Waals surface area contributed by atoms with Gasteiger partial charge < -0.3 is 9.84 Å². The summed E-state index contributed by atoms with van der Waals surface area (Å²) in [4.78, 5) is 0. The molecule has 0 fully saturated rings. The van der Waals surface area contributed by atoms with E-state index in [0.29, 0.717) is 6.42 Å². The molecule has 1 rings (SSSR count). The van der Waals surface area contributed by atoms with E-state index in [1.54, 1.807) is 0 Å². The molecule has 0 heterocycles. The molecule has 0 bridgehead atoms. The first-order chi connectivity index (χ1) is 7.74. The summed E-state index contributed by atoms with van der Waals surface area (Å²) in [5.41, 5.74) is 1.01. The van der Waals surface area contributed by atoms with Gasteiger partial charge in [-0.05, 0) is 37.8 Å².